The molecule has 0 aromatic rings. The first kappa shape index (κ1) is 48.9. The average molecular weight is 394 g/mol. The van der Waals surface area contributed by atoms with E-state index in [1.807, 2.05) is 0 Å². The first-order valence-corrected chi connectivity index (χ1v) is 0.707. The Bertz CT molecular complexity index is 33.2. The van der Waals surface area contributed by atoms with E-state index >= 15 is 0 Å². The monoisotopic (exact) mass is 393 g/mol. The van der Waals surface area contributed by atoms with Crippen molar-refractivity contribution in [2.24, 2.45) is 0 Å². The van der Waals surface area contributed by atoms with Crippen LogP contribution in [0.25, 0.3) is 0 Å². The van der Waals surface area contributed by atoms with Crippen molar-refractivity contribution >= 4 is 72.2 Å². The Morgan fingerprint density at radius 3 is 1.00 bits per heavy atom. The van der Waals surface area contributed by atoms with Crippen LogP contribution in [0.5, 0.6) is 0 Å². The van der Waals surface area contributed by atoms with Crippen LogP contribution in [0.3, 0.4) is 0 Å². The average Bonchev–Trinajstić information content (AvgIpc) is 0.811. The van der Waals surface area contributed by atoms with Gasteiger partial charge in [-0.15, -0.1) is 0 Å². The summed E-state index contributed by atoms with van der Waals surface area (Å²) >= 11 is 0. The van der Waals surface area contributed by atoms with Crippen molar-refractivity contribution in [2.75, 3.05) is 0 Å². The minimum atomic E-state index is -2.92. The smallest absolute Gasteiger partial charge is 0.907 e. The molecule has 0 aromatic carbocycles. The van der Waals surface area contributed by atoms with Crippen LogP contribution in [0.15, 0.2) is 0 Å². The van der Waals surface area contributed by atoms with Crippen LogP contribution >= 0.6 is 0 Å². The molecule has 2 radical (unpaired) electrons. The third-order valence-electron chi connectivity index (χ3n) is 0. The summed E-state index contributed by atoms with van der Waals surface area (Å²) in [7, 11) is -2.92. The molecule has 0 N–H and O–H groups in total. The number of hydrogen-bond donors (Lipinski definition) is 0. The fourth-order valence-corrected chi connectivity index (χ4v) is 0. The molecule has 3 nitrogen and oxygen atoms in total. The predicted octanol–water partition coefficient (Wildman–Crippen LogP) is -5.10. The van der Waals surface area contributed by atoms with Crippen molar-refractivity contribution in [3.8, 4) is 0 Å². The third-order valence-corrected chi connectivity index (χ3v) is 0. The van der Waals surface area contributed by atoms with Gasteiger partial charge in [-0.3, -0.25) is 7.32 Å². The molecular formula is AlBFeMgNiO3SbTi+13. The van der Waals surface area contributed by atoms with Crippen LogP contribution in [0, 0.1) is 0 Å². The molecule has 0 amide bonds. The van der Waals surface area contributed by atoms with Gasteiger partial charge in [-0.05, 0) is 0 Å². The van der Waals surface area contributed by atoms with Gasteiger partial charge in [0.25, 0.3) is 0 Å². The van der Waals surface area contributed by atoms with Crippen molar-refractivity contribution in [3.05, 3.63) is 0 Å². The van der Waals surface area contributed by atoms with Gasteiger partial charge in [-0.25, -0.2) is 0 Å². The maximum absolute atomic E-state index is 8.42. The van der Waals surface area contributed by atoms with Crippen molar-refractivity contribution < 1.29 is 70.3 Å². The molecule has 0 aromatic heterocycles. The molecule has 0 unspecified atom stereocenters. The van der Waals surface area contributed by atoms with Crippen LogP contribution < -0.4 is 15.1 Å². The summed E-state index contributed by atoms with van der Waals surface area (Å²) in [5.41, 5.74) is 0. The Morgan fingerprint density at radius 2 is 1.00 bits per heavy atom. The molecule has 0 aliphatic rings. The Hall–Kier alpha value is 3.79. The zero-order valence-electron chi connectivity index (χ0n) is 4.70. The topological polar surface area (TPSA) is 69.2 Å². The zero-order valence-corrected chi connectivity index (χ0v) is 13.5. The van der Waals surface area contributed by atoms with Gasteiger partial charge >= 0.3 is 120 Å². The molecule has 0 fully saturated rings. The molecule has 40 valence electrons. The van der Waals surface area contributed by atoms with Crippen molar-refractivity contribution in [3.63, 3.8) is 0 Å². The number of hydrogen-bond acceptors (Lipinski definition) is 3. The van der Waals surface area contributed by atoms with Gasteiger partial charge < -0.3 is 15.1 Å². The van der Waals surface area contributed by atoms with E-state index in [4.69, 9.17) is 15.1 Å². The van der Waals surface area contributed by atoms with E-state index in [9.17, 15) is 0 Å². The molecule has 0 saturated carbocycles. The summed E-state index contributed by atoms with van der Waals surface area (Å²) in [5.74, 6) is 0. The van der Waals surface area contributed by atoms with E-state index in [0.29, 0.717) is 0 Å². The maximum atomic E-state index is 8.42. The summed E-state index contributed by atoms with van der Waals surface area (Å²) in [6.07, 6.45) is 0. The van der Waals surface area contributed by atoms with Crippen LogP contribution in [0.4, 0.5) is 0 Å². The standard InChI is InChI=1S/Al.BO3.Fe.Mg.Ni.Sb.Ti/c;2-1(3)4;;;;;/q+3;-3;3*+2;+3;+4. The van der Waals surface area contributed by atoms with E-state index in [0.717, 1.165) is 0 Å². The Kier molecular flexibility index (Phi) is 189. The summed E-state index contributed by atoms with van der Waals surface area (Å²) < 4.78 is 0. The molecule has 0 rings (SSSR count). The minimum absolute atomic E-state index is 0. The van der Waals surface area contributed by atoms with Crippen LogP contribution in [-0.2, 0) is 55.3 Å². The van der Waals surface area contributed by atoms with Crippen molar-refractivity contribution in [1.29, 1.82) is 0 Å². The summed E-state index contributed by atoms with van der Waals surface area (Å²) in [6.45, 7) is 0. The molecule has 0 heterocycles. The summed E-state index contributed by atoms with van der Waals surface area (Å²) in [6, 6.07) is 0. The molecule has 0 saturated heterocycles. The first-order valence-electron chi connectivity index (χ1n) is 0.707. The maximum Gasteiger partial charge on any atom is 4.00 e. The van der Waals surface area contributed by atoms with E-state index in [1.165, 1.54) is 0 Å². The Morgan fingerprint density at radius 1 is 1.00 bits per heavy atom. The van der Waals surface area contributed by atoms with Gasteiger partial charge in [0.2, 0.25) is 0 Å². The van der Waals surface area contributed by atoms with Gasteiger partial charge in [-0.1, -0.05) is 0 Å². The molecular weight excluding hydrogens is 394 g/mol. The normalized spacial score (nSPS) is 2.70. The van der Waals surface area contributed by atoms with Gasteiger partial charge in [0.15, 0.2) is 0 Å². The third kappa shape index (κ3) is 95.6. The SMILES string of the molecule is [Al+3].[Fe+2].[Mg+2].[Ni+2].[O-]B([O-])[O-].[Sb+3].[Ti+4]. The largest absolute Gasteiger partial charge is 4.00 e. The van der Waals surface area contributed by atoms with Gasteiger partial charge in [0.1, 0.15) is 0 Å². The van der Waals surface area contributed by atoms with Gasteiger partial charge in [0, 0.05) is 0 Å². The second-order valence-electron chi connectivity index (χ2n) is 0.289. The van der Waals surface area contributed by atoms with Crippen molar-refractivity contribution in [2.45, 2.75) is 0 Å². The zero-order chi connectivity index (χ0) is 3.58. The van der Waals surface area contributed by atoms with E-state index in [-0.39, 0.29) is 120 Å². The fraction of sp³-hybridized carbons (Fsp3) is 0. The molecule has 10 heteroatoms. The van der Waals surface area contributed by atoms with E-state index in [1.54, 1.807) is 0 Å². The molecule has 0 aliphatic heterocycles. The molecule has 0 aliphatic carbocycles. The molecule has 0 bridgehead atoms. The van der Waals surface area contributed by atoms with Crippen LogP contribution in [0.2, 0.25) is 0 Å². The van der Waals surface area contributed by atoms with E-state index < -0.39 is 7.32 Å². The molecule has 10 heavy (non-hydrogen) atoms. The van der Waals surface area contributed by atoms with Gasteiger partial charge in [0.05, 0.1) is 0 Å². The van der Waals surface area contributed by atoms with Crippen LogP contribution in [-0.4, -0.2) is 72.2 Å². The Balaban J connectivity index is -0.00000000300. The van der Waals surface area contributed by atoms with Crippen LogP contribution in [0.1, 0.15) is 0 Å². The Labute approximate surface area is 140 Å². The second kappa shape index (κ2) is 38.6. The summed E-state index contributed by atoms with van der Waals surface area (Å²) in [4.78, 5) is 0. The quantitative estimate of drug-likeness (QED) is 0.386. The fourth-order valence-electron chi connectivity index (χ4n) is 0. The molecule has 0 spiro atoms. The van der Waals surface area contributed by atoms with Gasteiger partial charge in [-0.2, -0.15) is 0 Å². The van der Waals surface area contributed by atoms with Crippen molar-refractivity contribution in [1.82, 2.24) is 0 Å². The number of rotatable bonds is 0. The molecule has 0 atom stereocenters. The summed E-state index contributed by atoms with van der Waals surface area (Å²) in [5, 5.41) is 25.2. The minimum Gasteiger partial charge on any atom is -0.907 e. The first-order chi connectivity index (χ1) is 1.73. The second-order valence-corrected chi connectivity index (χ2v) is 0.289. The van der Waals surface area contributed by atoms with E-state index in [2.05, 4.69) is 0 Å². The predicted molar refractivity (Wildman–Crippen MR) is 23.0 cm³/mol.